The van der Waals surface area contributed by atoms with Crippen molar-refractivity contribution < 1.29 is 4.74 Å². The molecule has 1 aliphatic rings. The minimum absolute atomic E-state index is 0.469. The summed E-state index contributed by atoms with van der Waals surface area (Å²) < 4.78 is 7.16. The third-order valence-corrected chi connectivity index (χ3v) is 1.97. The van der Waals surface area contributed by atoms with E-state index in [2.05, 4.69) is 9.55 Å². The second kappa shape index (κ2) is 2.64. The number of rotatable bonds is 2. The van der Waals surface area contributed by atoms with Gasteiger partial charge in [0, 0.05) is 12.7 Å². The highest BCUT2D eigenvalue weighted by Crippen LogP contribution is 2.18. The van der Waals surface area contributed by atoms with Crippen LogP contribution in [0.1, 0.15) is 11.7 Å². The minimum atomic E-state index is 0.469. The molecule has 1 aromatic rings. The van der Waals surface area contributed by atoms with E-state index in [9.17, 15) is 0 Å². The van der Waals surface area contributed by atoms with Crippen LogP contribution in [0.5, 0.6) is 0 Å². The van der Waals surface area contributed by atoms with Crippen LogP contribution in [0.2, 0.25) is 0 Å². The van der Waals surface area contributed by atoms with Crippen molar-refractivity contribution in [3.05, 3.63) is 18.2 Å². The molecule has 2 N–H and O–H groups in total. The maximum Gasteiger partial charge on any atom is 0.0952 e. The first-order chi connectivity index (χ1) is 5.42. The summed E-state index contributed by atoms with van der Waals surface area (Å²) in [6.45, 7) is 2.14. The average Bonchev–Trinajstić information content (AvgIpc) is 2.32. The summed E-state index contributed by atoms with van der Waals surface area (Å²) in [5.74, 6) is 0. The first kappa shape index (κ1) is 6.82. The number of imidazole rings is 1. The third-order valence-electron chi connectivity index (χ3n) is 1.97. The average molecular weight is 153 g/mol. The molecule has 0 aromatic carbocycles. The van der Waals surface area contributed by atoms with E-state index in [1.54, 1.807) is 6.20 Å². The number of hydrogen-bond acceptors (Lipinski definition) is 3. The van der Waals surface area contributed by atoms with Crippen LogP contribution < -0.4 is 5.73 Å². The number of aromatic nitrogens is 2. The Morgan fingerprint density at radius 1 is 1.73 bits per heavy atom. The molecule has 0 saturated carbocycles. The van der Waals surface area contributed by atoms with Crippen molar-refractivity contribution in [2.24, 2.45) is 5.73 Å². The van der Waals surface area contributed by atoms with Crippen molar-refractivity contribution in [2.45, 2.75) is 12.6 Å². The fourth-order valence-electron chi connectivity index (χ4n) is 1.20. The van der Waals surface area contributed by atoms with Gasteiger partial charge < -0.3 is 15.0 Å². The van der Waals surface area contributed by atoms with E-state index in [4.69, 9.17) is 10.5 Å². The highest BCUT2D eigenvalue weighted by atomic mass is 16.5. The smallest absolute Gasteiger partial charge is 0.0952 e. The van der Waals surface area contributed by atoms with E-state index in [0.717, 1.165) is 18.9 Å². The molecule has 4 heteroatoms. The number of ether oxygens (including phenoxy) is 1. The molecule has 4 nitrogen and oxygen atoms in total. The summed E-state index contributed by atoms with van der Waals surface area (Å²) in [6.07, 6.45) is 3.62. The molecule has 2 rings (SSSR count). The second-order valence-corrected chi connectivity index (χ2v) is 2.69. The lowest BCUT2D eigenvalue weighted by Crippen LogP contribution is -2.31. The lowest BCUT2D eigenvalue weighted by atomic mass is 10.2. The lowest BCUT2D eigenvalue weighted by Gasteiger charge is -2.28. The molecule has 1 aliphatic heterocycles. The molecule has 1 aromatic heterocycles. The Morgan fingerprint density at radius 2 is 2.55 bits per heavy atom. The summed E-state index contributed by atoms with van der Waals surface area (Å²) in [5, 5.41) is 0. The zero-order valence-electron chi connectivity index (χ0n) is 6.23. The second-order valence-electron chi connectivity index (χ2n) is 2.69. The Morgan fingerprint density at radius 3 is 3.09 bits per heavy atom. The summed E-state index contributed by atoms with van der Waals surface area (Å²) >= 11 is 0. The minimum Gasteiger partial charge on any atom is -0.377 e. The van der Waals surface area contributed by atoms with Gasteiger partial charge in [-0.3, -0.25) is 0 Å². The van der Waals surface area contributed by atoms with Crippen molar-refractivity contribution >= 4 is 0 Å². The SMILES string of the molecule is NCc1cncn1C1COC1. The van der Waals surface area contributed by atoms with Gasteiger partial charge >= 0.3 is 0 Å². The predicted molar refractivity (Wildman–Crippen MR) is 40.0 cm³/mol. The summed E-state index contributed by atoms with van der Waals surface area (Å²) in [5.41, 5.74) is 6.59. The van der Waals surface area contributed by atoms with Crippen LogP contribution in [0.4, 0.5) is 0 Å². The fourth-order valence-corrected chi connectivity index (χ4v) is 1.20. The normalized spacial score (nSPS) is 18.3. The highest BCUT2D eigenvalue weighted by molar-refractivity contribution is 5.00. The number of hydrogen-bond donors (Lipinski definition) is 1. The van der Waals surface area contributed by atoms with Crippen LogP contribution in [0.15, 0.2) is 12.5 Å². The largest absolute Gasteiger partial charge is 0.377 e. The molecule has 0 atom stereocenters. The standard InChI is InChI=1S/C7H11N3O/c8-1-6-2-9-5-10(6)7-3-11-4-7/h2,5,7H,1,3-4,8H2. The van der Waals surface area contributed by atoms with Gasteiger partial charge in [0.2, 0.25) is 0 Å². The summed E-state index contributed by atoms with van der Waals surface area (Å²) in [7, 11) is 0. The van der Waals surface area contributed by atoms with E-state index in [1.807, 2.05) is 6.33 Å². The van der Waals surface area contributed by atoms with E-state index in [-0.39, 0.29) is 0 Å². The Kier molecular flexibility index (Phi) is 1.63. The third kappa shape index (κ3) is 1.04. The maximum atomic E-state index is 5.51. The van der Waals surface area contributed by atoms with Gasteiger partial charge in [-0.25, -0.2) is 4.98 Å². The van der Waals surface area contributed by atoms with E-state index >= 15 is 0 Å². The van der Waals surface area contributed by atoms with Gasteiger partial charge in [0.1, 0.15) is 0 Å². The Hall–Kier alpha value is -0.870. The molecular formula is C7H11N3O. The van der Waals surface area contributed by atoms with Crippen LogP contribution in [0.3, 0.4) is 0 Å². The van der Waals surface area contributed by atoms with Gasteiger partial charge in [-0.15, -0.1) is 0 Å². The van der Waals surface area contributed by atoms with Crippen LogP contribution in [0, 0.1) is 0 Å². The van der Waals surface area contributed by atoms with Crippen LogP contribution in [-0.2, 0) is 11.3 Å². The number of nitrogens with zero attached hydrogens (tertiary/aromatic N) is 2. The quantitative estimate of drug-likeness (QED) is 0.646. The maximum absolute atomic E-state index is 5.51. The topological polar surface area (TPSA) is 53.1 Å². The first-order valence-electron chi connectivity index (χ1n) is 3.70. The van der Waals surface area contributed by atoms with E-state index in [0.29, 0.717) is 12.6 Å². The van der Waals surface area contributed by atoms with Crippen molar-refractivity contribution in [3.8, 4) is 0 Å². The molecule has 0 spiro atoms. The molecule has 0 bridgehead atoms. The van der Waals surface area contributed by atoms with Crippen molar-refractivity contribution in [3.63, 3.8) is 0 Å². The van der Waals surface area contributed by atoms with E-state index < -0.39 is 0 Å². The summed E-state index contributed by atoms with van der Waals surface area (Å²) in [4.78, 5) is 4.02. The van der Waals surface area contributed by atoms with Gasteiger partial charge in [-0.1, -0.05) is 0 Å². The van der Waals surface area contributed by atoms with E-state index in [1.165, 1.54) is 0 Å². The van der Waals surface area contributed by atoms with Crippen molar-refractivity contribution in [1.29, 1.82) is 0 Å². The van der Waals surface area contributed by atoms with Crippen LogP contribution in [0.25, 0.3) is 0 Å². The van der Waals surface area contributed by atoms with Gasteiger partial charge in [-0.2, -0.15) is 0 Å². The molecule has 0 amide bonds. The summed E-state index contributed by atoms with van der Waals surface area (Å²) in [6, 6.07) is 0.469. The van der Waals surface area contributed by atoms with Gasteiger partial charge in [0.15, 0.2) is 0 Å². The molecule has 1 fully saturated rings. The lowest BCUT2D eigenvalue weighted by molar-refractivity contribution is -0.0243. The van der Waals surface area contributed by atoms with Crippen molar-refractivity contribution in [1.82, 2.24) is 9.55 Å². The molecular weight excluding hydrogens is 142 g/mol. The zero-order valence-corrected chi connectivity index (χ0v) is 6.23. The number of nitrogens with two attached hydrogens (primary N) is 1. The van der Waals surface area contributed by atoms with Crippen LogP contribution in [-0.4, -0.2) is 22.8 Å². The Labute approximate surface area is 65.0 Å². The molecule has 1 saturated heterocycles. The highest BCUT2D eigenvalue weighted by Gasteiger charge is 2.21. The monoisotopic (exact) mass is 153 g/mol. The molecule has 11 heavy (non-hydrogen) atoms. The Bertz CT molecular complexity index is 242. The molecule has 60 valence electrons. The van der Waals surface area contributed by atoms with Gasteiger partial charge in [0.25, 0.3) is 0 Å². The molecule has 0 aliphatic carbocycles. The fraction of sp³-hybridized carbons (Fsp3) is 0.571. The zero-order chi connectivity index (χ0) is 7.68. The predicted octanol–water partition coefficient (Wildman–Crippen LogP) is -0.0869. The molecule has 0 unspecified atom stereocenters. The molecule has 2 heterocycles. The van der Waals surface area contributed by atoms with Gasteiger partial charge in [0.05, 0.1) is 31.3 Å². The Balaban J connectivity index is 2.20. The van der Waals surface area contributed by atoms with Crippen LogP contribution >= 0.6 is 0 Å². The molecule has 0 radical (unpaired) electrons. The van der Waals surface area contributed by atoms with Crippen molar-refractivity contribution in [2.75, 3.05) is 13.2 Å². The first-order valence-corrected chi connectivity index (χ1v) is 3.70. The van der Waals surface area contributed by atoms with Gasteiger partial charge in [-0.05, 0) is 0 Å².